The average molecular weight is 187 g/mol. The van der Waals surface area contributed by atoms with Crippen LogP contribution in [0.5, 0.6) is 0 Å². The van der Waals surface area contributed by atoms with Crippen LogP contribution >= 0.6 is 0 Å². The van der Waals surface area contributed by atoms with Gasteiger partial charge in [-0.1, -0.05) is 39.0 Å². The number of halogens is 1. The first kappa shape index (κ1) is 18.0. The molecule has 0 nitrogen and oxygen atoms in total. The first-order valence-corrected chi connectivity index (χ1v) is 4.19. The van der Waals surface area contributed by atoms with Crippen molar-refractivity contribution in [2.45, 2.75) is 52.4 Å². The van der Waals surface area contributed by atoms with Gasteiger partial charge in [0.15, 0.2) is 0 Å². The van der Waals surface area contributed by atoms with Crippen molar-refractivity contribution in [2.24, 2.45) is 0 Å². The van der Waals surface area contributed by atoms with Gasteiger partial charge in [0.25, 0.3) is 0 Å². The molecule has 0 heterocycles. The van der Waals surface area contributed by atoms with E-state index in [0.717, 1.165) is 0 Å². The van der Waals surface area contributed by atoms with Gasteiger partial charge < -0.3 is 18.8 Å². The van der Waals surface area contributed by atoms with Crippen LogP contribution in [0.3, 0.4) is 0 Å². The summed E-state index contributed by atoms with van der Waals surface area (Å²) in [5.41, 5.74) is 0. The molecule has 0 radical (unpaired) electrons. The van der Waals surface area contributed by atoms with Crippen LogP contribution in [0.25, 0.3) is 0 Å². The maximum Gasteiger partial charge on any atom is 2.00 e. The zero-order valence-electron chi connectivity index (χ0n) is 7.91. The normalized spacial score (nSPS) is 8.18. The summed E-state index contributed by atoms with van der Waals surface area (Å²) in [5.74, 6) is 0. The molecule has 0 amide bonds. The Kier molecular flexibility index (Phi) is 28.1. The Morgan fingerprint density at radius 1 is 1.00 bits per heavy atom. The van der Waals surface area contributed by atoms with E-state index in [9.17, 15) is 0 Å². The zero-order chi connectivity index (χ0) is 6.95. The quantitative estimate of drug-likeness (QED) is 0.316. The molecule has 0 saturated heterocycles. The smallest absolute Gasteiger partial charge is 1.00 e. The second kappa shape index (κ2) is 17.2. The summed E-state index contributed by atoms with van der Waals surface area (Å²) in [5, 5.41) is 0. The second-order valence-electron chi connectivity index (χ2n) is 2.61. The Balaban J connectivity index is -0.000000320. The number of rotatable bonds is 6. The molecule has 0 spiro atoms. The van der Waals surface area contributed by atoms with Crippen LogP contribution < -0.4 is 12.4 Å². The molecule has 0 aliphatic rings. The Morgan fingerprint density at radius 2 is 1.55 bits per heavy atom. The second-order valence-corrected chi connectivity index (χ2v) is 2.61. The van der Waals surface area contributed by atoms with E-state index in [0.29, 0.717) is 0 Å². The molecule has 0 fully saturated rings. The van der Waals surface area contributed by atoms with Gasteiger partial charge in [0, 0.05) is 0 Å². The van der Waals surface area contributed by atoms with Crippen LogP contribution in [0.4, 0.5) is 0 Å². The minimum absolute atomic E-state index is 0. The molecule has 0 aromatic rings. The molecule has 0 aromatic carbocycles. The van der Waals surface area contributed by atoms with E-state index in [4.69, 9.17) is 0 Å². The van der Waals surface area contributed by atoms with E-state index in [-0.39, 0.29) is 35.5 Å². The number of hydrogen-bond acceptors (Lipinski definition) is 0. The van der Waals surface area contributed by atoms with Crippen molar-refractivity contribution < 1.29 is 12.4 Å². The van der Waals surface area contributed by atoms with Gasteiger partial charge in [-0.3, -0.25) is 0 Å². The molecule has 0 unspecified atom stereocenters. The van der Waals surface area contributed by atoms with Crippen molar-refractivity contribution >= 4 is 23.1 Å². The van der Waals surface area contributed by atoms with Crippen LogP contribution in [0.15, 0.2) is 0 Å². The molecule has 0 aliphatic heterocycles. The molecule has 0 bridgehead atoms. The fourth-order valence-electron chi connectivity index (χ4n) is 0.952. The molecule has 0 N–H and O–H groups in total. The zero-order valence-corrected chi connectivity index (χ0v) is 10.1. The Labute approximate surface area is 94.1 Å². The van der Waals surface area contributed by atoms with Crippen molar-refractivity contribution in [3.63, 3.8) is 0 Å². The van der Waals surface area contributed by atoms with Crippen LogP contribution in [0.1, 0.15) is 52.4 Å². The third-order valence-electron chi connectivity index (χ3n) is 1.60. The standard InChI is InChI=1S/C9H19.ClH.Mg/c1-3-5-7-9-8-6-4-2;;/h3H,4-9H2,1-2H3;1H;/q-1;;+2/p-1. The van der Waals surface area contributed by atoms with Crippen molar-refractivity contribution in [3.05, 3.63) is 6.42 Å². The van der Waals surface area contributed by atoms with Crippen LogP contribution in [-0.2, 0) is 0 Å². The first-order valence-electron chi connectivity index (χ1n) is 4.19. The summed E-state index contributed by atoms with van der Waals surface area (Å²) < 4.78 is 0. The average Bonchev–Trinajstić information content (AvgIpc) is 1.89. The SMILES string of the molecule is C[CH-]CCCCCCC.[Cl-].[Mg+2]. The molecule has 2 heteroatoms. The monoisotopic (exact) mass is 186 g/mol. The molecule has 0 rings (SSSR count). The van der Waals surface area contributed by atoms with Crippen molar-refractivity contribution in [3.8, 4) is 0 Å². The molecule has 64 valence electrons. The minimum atomic E-state index is 0. The van der Waals surface area contributed by atoms with E-state index >= 15 is 0 Å². The summed E-state index contributed by atoms with van der Waals surface area (Å²) in [6.45, 7) is 4.39. The van der Waals surface area contributed by atoms with Crippen LogP contribution in [-0.4, -0.2) is 23.1 Å². The minimum Gasteiger partial charge on any atom is -1.00 e. The maximum absolute atomic E-state index is 2.26. The molecule has 0 aliphatic carbocycles. The van der Waals surface area contributed by atoms with E-state index in [1.54, 1.807) is 0 Å². The van der Waals surface area contributed by atoms with Gasteiger partial charge >= 0.3 is 23.1 Å². The molecular formula is C9H19ClMg. The van der Waals surface area contributed by atoms with Gasteiger partial charge in [-0.05, 0) is 0 Å². The molecule has 0 aromatic heterocycles. The third kappa shape index (κ3) is 18.2. The molecule has 0 saturated carbocycles. The fraction of sp³-hybridized carbons (Fsp3) is 0.889. The van der Waals surface area contributed by atoms with E-state index in [2.05, 4.69) is 20.3 Å². The third-order valence-corrected chi connectivity index (χ3v) is 1.60. The van der Waals surface area contributed by atoms with E-state index in [1.165, 1.54) is 38.5 Å². The van der Waals surface area contributed by atoms with E-state index in [1.807, 2.05) is 0 Å². The van der Waals surface area contributed by atoms with E-state index < -0.39 is 0 Å². The van der Waals surface area contributed by atoms with Gasteiger partial charge in [0.2, 0.25) is 0 Å². The molecule has 11 heavy (non-hydrogen) atoms. The predicted octanol–water partition coefficient (Wildman–Crippen LogP) is 0.194. The number of unbranched alkanes of at least 4 members (excludes halogenated alkanes) is 6. The Morgan fingerprint density at radius 3 is 2.00 bits per heavy atom. The van der Waals surface area contributed by atoms with Crippen molar-refractivity contribution in [2.75, 3.05) is 0 Å². The van der Waals surface area contributed by atoms with Crippen LogP contribution in [0, 0.1) is 6.42 Å². The summed E-state index contributed by atoms with van der Waals surface area (Å²) in [4.78, 5) is 0. The van der Waals surface area contributed by atoms with Gasteiger partial charge in [0.05, 0.1) is 0 Å². The van der Waals surface area contributed by atoms with Gasteiger partial charge in [-0.25, -0.2) is 0 Å². The maximum atomic E-state index is 2.26. The topological polar surface area (TPSA) is 0 Å². The summed E-state index contributed by atoms with van der Waals surface area (Å²) in [7, 11) is 0. The van der Waals surface area contributed by atoms with Crippen molar-refractivity contribution in [1.29, 1.82) is 0 Å². The van der Waals surface area contributed by atoms with Gasteiger partial charge in [-0.15, -0.1) is 0 Å². The van der Waals surface area contributed by atoms with Crippen molar-refractivity contribution in [1.82, 2.24) is 0 Å². The van der Waals surface area contributed by atoms with Gasteiger partial charge in [0.1, 0.15) is 0 Å². The summed E-state index contributed by atoms with van der Waals surface area (Å²) in [6.07, 6.45) is 10.6. The Hall–Kier alpha value is 1.06. The predicted molar refractivity (Wildman–Crippen MR) is 49.1 cm³/mol. The Bertz CT molecular complexity index is 42.8. The largest absolute Gasteiger partial charge is 2.00 e. The molecular weight excluding hydrogens is 168 g/mol. The summed E-state index contributed by atoms with van der Waals surface area (Å²) >= 11 is 0. The first-order chi connectivity index (χ1) is 4.41. The van der Waals surface area contributed by atoms with Crippen LogP contribution in [0.2, 0.25) is 0 Å². The van der Waals surface area contributed by atoms with Gasteiger partial charge in [-0.2, -0.15) is 13.3 Å². The summed E-state index contributed by atoms with van der Waals surface area (Å²) in [6, 6.07) is 0. The number of hydrogen-bond donors (Lipinski definition) is 0. The fourth-order valence-corrected chi connectivity index (χ4v) is 0.952. The molecule has 0 atom stereocenters.